The summed E-state index contributed by atoms with van der Waals surface area (Å²) in [6.45, 7) is 2.12. The van der Waals surface area contributed by atoms with Gasteiger partial charge in [-0.3, -0.25) is 14.8 Å². The maximum atomic E-state index is 12.3. The molecule has 1 atom stereocenters. The van der Waals surface area contributed by atoms with Crippen LogP contribution in [0.5, 0.6) is 0 Å². The van der Waals surface area contributed by atoms with E-state index in [1.807, 2.05) is 35.0 Å². The second-order valence-corrected chi connectivity index (χ2v) is 7.73. The molecule has 7 heteroatoms. The molecule has 2 aliphatic heterocycles. The number of nitrogens with zero attached hydrogens (tertiary/aromatic N) is 4. The number of amides is 1. The number of hydrogen-bond acceptors (Lipinski definition) is 6. The van der Waals surface area contributed by atoms with E-state index in [1.54, 1.807) is 18.6 Å². The summed E-state index contributed by atoms with van der Waals surface area (Å²) in [5, 5.41) is 0. The van der Waals surface area contributed by atoms with Crippen molar-refractivity contribution in [1.29, 1.82) is 0 Å². The molecule has 1 unspecified atom stereocenters. The molecule has 24 heavy (non-hydrogen) atoms. The molecular formula is C17H18N4O2S. The van der Waals surface area contributed by atoms with Crippen LogP contribution in [0.3, 0.4) is 0 Å². The third-order valence-electron chi connectivity index (χ3n) is 4.41. The van der Waals surface area contributed by atoms with Gasteiger partial charge in [-0.2, -0.15) is 0 Å². The van der Waals surface area contributed by atoms with Crippen LogP contribution < -0.4 is 0 Å². The Bertz CT molecular complexity index is 707. The van der Waals surface area contributed by atoms with E-state index in [2.05, 4.69) is 15.0 Å². The first-order valence-corrected chi connectivity index (χ1v) is 8.92. The molecule has 124 valence electrons. The largest absolute Gasteiger partial charge is 0.373 e. The minimum Gasteiger partial charge on any atom is -0.373 e. The zero-order valence-electron chi connectivity index (χ0n) is 13.2. The number of hydrogen-bond donors (Lipinski definition) is 0. The number of likely N-dealkylation sites (tertiary alicyclic amines) is 1. The van der Waals surface area contributed by atoms with Crippen molar-refractivity contribution in [3.8, 4) is 0 Å². The van der Waals surface area contributed by atoms with E-state index in [0.717, 1.165) is 30.8 Å². The van der Waals surface area contributed by atoms with Crippen molar-refractivity contribution < 1.29 is 9.53 Å². The molecular weight excluding hydrogens is 324 g/mol. The number of thioether (sulfide) groups is 1. The number of carbonyl (C=O) groups excluding carboxylic acids is 1. The number of ether oxygens (including phenoxy) is 1. The molecule has 4 rings (SSSR count). The Kier molecular flexibility index (Phi) is 4.20. The van der Waals surface area contributed by atoms with Crippen LogP contribution in [0.1, 0.15) is 22.5 Å². The van der Waals surface area contributed by atoms with Crippen LogP contribution in [0.4, 0.5) is 0 Å². The van der Waals surface area contributed by atoms with Crippen LogP contribution in [0.25, 0.3) is 0 Å². The lowest BCUT2D eigenvalue weighted by molar-refractivity contribution is 0.0252. The average Bonchev–Trinajstić information content (AvgIpc) is 3.04. The van der Waals surface area contributed by atoms with E-state index in [0.29, 0.717) is 12.3 Å². The van der Waals surface area contributed by atoms with Gasteiger partial charge in [-0.1, -0.05) is 6.07 Å². The molecule has 2 aromatic heterocycles. The Hall–Kier alpha value is -1.99. The fourth-order valence-electron chi connectivity index (χ4n) is 3.19. The van der Waals surface area contributed by atoms with Gasteiger partial charge in [0.15, 0.2) is 0 Å². The molecule has 0 aliphatic carbocycles. The van der Waals surface area contributed by atoms with Gasteiger partial charge < -0.3 is 9.64 Å². The van der Waals surface area contributed by atoms with E-state index in [-0.39, 0.29) is 16.8 Å². The molecule has 1 spiro atoms. The highest BCUT2D eigenvalue weighted by atomic mass is 32.2. The smallest absolute Gasteiger partial charge is 0.274 e. The van der Waals surface area contributed by atoms with E-state index in [4.69, 9.17) is 4.74 Å². The highest BCUT2D eigenvalue weighted by Crippen LogP contribution is 2.46. The molecule has 0 N–H and O–H groups in total. The van der Waals surface area contributed by atoms with Crippen molar-refractivity contribution in [1.82, 2.24) is 19.9 Å². The first kappa shape index (κ1) is 15.5. The highest BCUT2D eigenvalue weighted by molar-refractivity contribution is 8.01. The van der Waals surface area contributed by atoms with Crippen LogP contribution in [0.2, 0.25) is 0 Å². The number of pyridine rings is 1. The monoisotopic (exact) mass is 342 g/mol. The van der Waals surface area contributed by atoms with Crippen LogP contribution in [-0.2, 0) is 11.3 Å². The second-order valence-electron chi connectivity index (χ2n) is 6.24. The van der Waals surface area contributed by atoms with E-state index >= 15 is 0 Å². The Balaban J connectivity index is 1.28. The summed E-state index contributed by atoms with van der Waals surface area (Å²) in [7, 11) is 0. The topological polar surface area (TPSA) is 68.2 Å². The van der Waals surface area contributed by atoms with Gasteiger partial charge in [0.1, 0.15) is 5.69 Å². The number of aromatic nitrogens is 3. The third kappa shape index (κ3) is 3.14. The number of carbonyl (C=O) groups is 1. The van der Waals surface area contributed by atoms with Crippen molar-refractivity contribution in [3.05, 3.63) is 54.4 Å². The second kappa shape index (κ2) is 6.49. The summed E-state index contributed by atoms with van der Waals surface area (Å²) in [6, 6.07) is 3.95. The predicted molar refractivity (Wildman–Crippen MR) is 90.6 cm³/mol. The van der Waals surface area contributed by atoms with Gasteiger partial charge in [0.25, 0.3) is 5.91 Å². The fraction of sp³-hybridized carbons (Fsp3) is 0.412. The average molecular weight is 342 g/mol. The molecule has 0 bridgehead atoms. The molecule has 4 heterocycles. The van der Waals surface area contributed by atoms with E-state index in [9.17, 15) is 4.79 Å². The quantitative estimate of drug-likeness (QED) is 0.844. The zero-order valence-corrected chi connectivity index (χ0v) is 14.0. The summed E-state index contributed by atoms with van der Waals surface area (Å²) in [5.41, 5.74) is 1.51. The lowest BCUT2D eigenvalue weighted by atomic mass is 9.92. The Morgan fingerprint density at radius 1 is 1.29 bits per heavy atom. The molecule has 0 aromatic carbocycles. The van der Waals surface area contributed by atoms with Crippen molar-refractivity contribution in [2.75, 3.05) is 18.8 Å². The van der Waals surface area contributed by atoms with Crippen molar-refractivity contribution >= 4 is 17.7 Å². The minimum absolute atomic E-state index is 0.0333. The Morgan fingerprint density at radius 3 is 2.92 bits per heavy atom. The lowest BCUT2D eigenvalue weighted by Crippen LogP contribution is -2.60. The predicted octanol–water partition coefficient (Wildman–Crippen LogP) is 1.79. The summed E-state index contributed by atoms with van der Waals surface area (Å²) in [5.74, 6) is 0.946. The van der Waals surface area contributed by atoms with Gasteiger partial charge in [-0.15, -0.1) is 11.8 Å². The molecule has 1 amide bonds. The van der Waals surface area contributed by atoms with Crippen molar-refractivity contribution in [2.24, 2.45) is 0 Å². The van der Waals surface area contributed by atoms with Gasteiger partial charge in [0.2, 0.25) is 0 Å². The molecule has 2 saturated heterocycles. The standard InChI is InChI=1S/C17H18N4O2S/c22-16(15-8-19-4-5-20-15)21-11-17(12-21)6-14(10-24-17)23-9-13-2-1-3-18-7-13/h1-5,7-8,14H,6,9-12H2. The first-order chi connectivity index (χ1) is 11.7. The maximum Gasteiger partial charge on any atom is 0.274 e. The maximum absolute atomic E-state index is 12.3. The van der Waals surface area contributed by atoms with Crippen molar-refractivity contribution in [3.63, 3.8) is 0 Å². The molecule has 2 fully saturated rings. The summed E-state index contributed by atoms with van der Waals surface area (Å²) >= 11 is 1.92. The van der Waals surface area contributed by atoms with Gasteiger partial charge in [-0.25, -0.2) is 4.98 Å². The zero-order chi connectivity index (χ0) is 16.4. The SMILES string of the molecule is O=C(c1cnccn1)N1CC2(CC(OCc3cccnc3)CS2)C1. The van der Waals surface area contributed by atoms with E-state index in [1.165, 1.54) is 6.20 Å². The fourth-order valence-corrected chi connectivity index (χ4v) is 4.74. The molecule has 6 nitrogen and oxygen atoms in total. The summed E-state index contributed by atoms with van der Waals surface area (Å²) < 4.78 is 6.16. The van der Waals surface area contributed by atoms with Gasteiger partial charge in [0, 0.05) is 43.6 Å². The van der Waals surface area contributed by atoms with Crippen LogP contribution in [0.15, 0.2) is 43.1 Å². The van der Waals surface area contributed by atoms with Gasteiger partial charge in [-0.05, 0) is 18.1 Å². The highest BCUT2D eigenvalue weighted by Gasteiger charge is 2.51. The van der Waals surface area contributed by atoms with Crippen molar-refractivity contribution in [2.45, 2.75) is 23.9 Å². The minimum atomic E-state index is -0.0333. The van der Waals surface area contributed by atoms with Crippen LogP contribution in [0, 0.1) is 0 Å². The number of rotatable bonds is 4. The first-order valence-electron chi connectivity index (χ1n) is 7.94. The van der Waals surface area contributed by atoms with Gasteiger partial charge >= 0.3 is 0 Å². The lowest BCUT2D eigenvalue weighted by Gasteiger charge is -2.47. The van der Waals surface area contributed by atoms with Crippen LogP contribution in [-0.4, -0.2) is 55.5 Å². The summed E-state index contributed by atoms with van der Waals surface area (Å²) in [6.07, 6.45) is 9.48. The Labute approximate surface area is 144 Å². The van der Waals surface area contributed by atoms with Gasteiger partial charge in [0.05, 0.1) is 23.7 Å². The third-order valence-corrected chi connectivity index (χ3v) is 5.99. The summed E-state index contributed by atoms with van der Waals surface area (Å²) in [4.78, 5) is 26.3. The molecule has 2 aliphatic rings. The molecule has 0 saturated carbocycles. The molecule has 2 aromatic rings. The molecule has 0 radical (unpaired) electrons. The van der Waals surface area contributed by atoms with Crippen LogP contribution >= 0.6 is 11.8 Å². The van der Waals surface area contributed by atoms with E-state index < -0.39 is 0 Å². The normalized spacial score (nSPS) is 21.7. The Morgan fingerprint density at radius 2 is 2.17 bits per heavy atom.